The first-order valence-corrected chi connectivity index (χ1v) is 8.34. The minimum Gasteiger partial charge on any atom is -0.497 e. The number of hydrogen-bond acceptors (Lipinski definition) is 7. The van der Waals surface area contributed by atoms with Crippen molar-refractivity contribution in [2.75, 3.05) is 30.9 Å². The second-order valence-corrected chi connectivity index (χ2v) is 5.53. The van der Waals surface area contributed by atoms with E-state index >= 15 is 0 Å². The zero-order valence-corrected chi connectivity index (χ0v) is 14.5. The molecule has 134 valence electrons. The lowest BCUT2D eigenvalue weighted by Crippen LogP contribution is -2.07. The molecule has 7 nitrogen and oxygen atoms in total. The molecule has 0 bridgehead atoms. The Morgan fingerprint density at radius 3 is 2.85 bits per heavy atom. The monoisotopic (exact) mass is 351 g/mol. The molecular weight excluding hydrogens is 330 g/mol. The Hall–Kier alpha value is -3.19. The van der Waals surface area contributed by atoms with Crippen LogP contribution < -0.4 is 15.4 Å². The molecular formula is C19H21N5O2. The number of nitrogens with zero attached hydrogens (tertiary/aromatic N) is 3. The van der Waals surface area contributed by atoms with Crippen molar-refractivity contribution in [1.82, 2.24) is 15.0 Å². The number of pyridine rings is 1. The van der Waals surface area contributed by atoms with E-state index in [0.29, 0.717) is 18.9 Å². The molecule has 2 heterocycles. The van der Waals surface area contributed by atoms with E-state index in [1.807, 2.05) is 42.5 Å². The van der Waals surface area contributed by atoms with Crippen LogP contribution in [-0.4, -0.2) is 40.3 Å². The first-order chi connectivity index (χ1) is 12.8. The van der Waals surface area contributed by atoms with Gasteiger partial charge in [0.1, 0.15) is 11.6 Å². The van der Waals surface area contributed by atoms with E-state index in [1.165, 1.54) is 0 Å². The van der Waals surface area contributed by atoms with Gasteiger partial charge in [0.05, 0.1) is 12.8 Å². The molecule has 0 unspecified atom stereocenters. The number of nitrogens with one attached hydrogen (secondary N) is 2. The van der Waals surface area contributed by atoms with Gasteiger partial charge in [0.25, 0.3) is 0 Å². The van der Waals surface area contributed by atoms with Gasteiger partial charge in [-0.1, -0.05) is 6.07 Å². The Labute approximate surface area is 152 Å². The quantitative estimate of drug-likeness (QED) is 0.537. The number of hydrogen-bond donors (Lipinski definition) is 3. The predicted molar refractivity (Wildman–Crippen MR) is 102 cm³/mol. The summed E-state index contributed by atoms with van der Waals surface area (Å²) < 4.78 is 5.23. The molecule has 3 N–H and O–H groups in total. The van der Waals surface area contributed by atoms with E-state index < -0.39 is 0 Å². The van der Waals surface area contributed by atoms with Gasteiger partial charge in [0.2, 0.25) is 5.95 Å². The highest BCUT2D eigenvalue weighted by atomic mass is 16.5. The average molecular weight is 351 g/mol. The van der Waals surface area contributed by atoms with Gasteiger partial charge in [-0.3, -0.25) is 0 Å². The van der Waals surface area contributed by atoms with Crippen molar-refractivity contribution in [3.8, 4) is 17.0 Å². The maximum absolute atomic E-state index is 8.95. The molecule has 3 rings (SSSR count). The summed E-state index contributed by atoms with van der Waals surface area (Å²) in [5.41, 5.74) is 2.47. The fourth-order valence-corrected chi connectivity index (χ4v) is 2.44. The molecule has 0 aliphatic carbocycles. The van der Waals surface area contributed by atoms with Crippen molar-refractivity contribution >= 4 is 17.5 Å². The van der Waals surface area contributed by atoms with Crippen molar-refractivity contribution in [2.45, 2.75) is 6.42 Å². The number of aliphatic hydroxyl groups is 1. The topological polar surface area (TPSA) is 92.2 Å². The SMILES string of the molecule is COc1cccc(Nc2nccc(-c3cccnc3NCCCO)n2)c1. The second kappa shape index (κ2) is 8.77. The number of ether oxygens (including phenoxy) is 1. The molecule has 7 heteroatoms. The minimum atomic E-state index is 0.136. The third-order valence-corrected chi connectivity index (χ3v) is 3.69. The van der Waals surface area contributed by atoms with Gasteiger partial charge in [-0.25, -0.2) is 15.0 Å². The van der Waals surface area contributed by atoms with Gasteiger partial charge in [0.15, 0.2) is 0 Å². The summed E-state index contributed by atoms with van der Waals surface area (Å²) in [6.45, 7) is 0.776. The Morgan fingerprint density at radius 1 is 1.08 bits per heavy atom. The number of benzene rings is 1. The zero-order valence-electron chi connectivity index (χ0n) is 14.5. The van der Waals surface area contributed by atoms with Crippen LogP contribution >= 0.6 is 0 Å². The predicted octanol–water partition coefficient (Wildman–Crippen LogP) is 3.09. The maximum atomic E-state index is 8.95. The normalized spacial score (nSPS) is 10.4. The van der Waals surface area contributed by atoms with Crippen molar-refractivity contribution in [3.05, 3.63) is 54.9 Å². The number of rotatable bonds is 8. The molecule has 0 spiro atoms. The molecule has 0 saturated carbocycles. The highest BCUT2D eigenvalue weighted by Crippen LogP contribution is 2.26. The Kier molecular flexibility index (Phi) is 5.95. The molecule has 1 aromatic carbocycles. The van der Waals surface area contributed by atoms with Crippen molar-refractivity contribution < 1.29 is 9.84 Å². The number of aromatic nitrogens is 3. The van der Waals surface area contributed by atoms with Crippen LogP contribution in [0.25, 0.3) is 11.3 Å². The summed E-state index contributed by atoms with van der Waals surface area (Å²) in [7, 11) is 1.63. The molecule has 0 radical (unpaired) electrons. The first-order valence-electron chi connectivity index (χ1n) is 8.34. The molecule has 2 aromatic heterocycles. The van der Waals surface area contributed by atoms with Crippen LogP contribution in [0.5, 0.6) is 5.75 Å². The summed E-state index contributed by atoms with van der Waals surface area (Å²) in [5, 5.41) is 15.4. The highest BCUT2D eigenvalue weighted by Gasteiger charge is 2.09. The molecule has 3 aromatic rings. The lowest BCUT2D eigenvalue weighted by molar-refractivity contribution is 0.292. The molecule has 0 aliphatic rings. The van der Waals surface area contributed by atoms with Gasteiger partial charge in [-0.15, -0.1) is 0 Å². The van der Waals surface area contributed by atoms with Gasteiger partial charge in [-0.2, -0.15) is 0 Å². The second-order valence-electron chi connectivity index (χ2n) is 5.53. The van der Waals surface area contributed by atoms with Crippen molar-refractivity contribution in [3.63, 3.8) is 0 Å². The number of methoxy groups -OCH3 is 1. The molecule has 0 atom stereocenters. The third kappa shape index (κ3) is 4.46. The summed E-state index contributed by atoms with van der Waals surface area (Å²) in [5.74, 6) is 1.97. The fraction of sp³-hybridized carbons (Fsp3) is 0.211. The largest absolute Gasteiger partial charge is 0.497 e. The zero-order chi connectivity index (χ0) is 18.2. The van der Waals surface area contributed by atoms with Gasteiger partial charge >= 0.3 is 0 Å². The van der Waals surface area contributed by atoms with Crippen LogP contribution in [0, 0.1) is 0 Å². The van der Waals surface area contributed by atoms with Gasteiger partial charge in [0, 0.05) is 42.9 Å². The van der Waals surface area contributed by atoms with Crippen LogP contribution in [0.15, 0.2) is 54.9 Å². The summed E-state index contributed by atoms with van der Waals surface area (Å²) in [4.78, 5) is 13.2. The first kappa shape index (κ1) is 17.6. The van der Waals surface area contributed by atoms with Crippen LogP contribution in [0.1, 0.15) is 6.42 Å². The van der Waals surface area contributed by atoms with Crippen LogP contribution in [-0.2, 0) is 0 Å². The molecule has 26 heavy (non-hydrogen) atoms. The number of anilines is 3. The van der Waals surface area contributed by atoms with Crippen molar-refractivity contribution in [2.24, 2.45) is 0 Å². The minimum absolute atomic E-state index is 0.136. The van der Waals surface area contributed by atoms with Crippen LogP contribution in [0.4, 0.5) is 17.5 Å². The Bertz CT molecular complexity index is 857. The van der Waals surface area contributed by atoms with E-state index in [4.69, 9.17) is 9.84 Å². The standard InChI is InChI=1S/C19H21N5O2/c1-26-15-6-2-5-14(13-15)23-19-22-11-8-17(24-19)16-7-3-9-20-18(16)21-10-4-12-25/h2-3,5-9,11,13,25H,4,10,12H2,1H3,(H,20,21)(H,22,23,24). The van der Waals surface area contributed by atoms with E-state index in [2.05, 4.69) is 25.6 Å². The summed E-state index contributed by atoms with van der Waals surface area (Å²) in [6.07, 6.45) is 4.08. The summed E-state index contributed by atoms with van der Waals surface area (Å²) >= 11 is 0. The van der Waals surface area contributed by atoms with E-state index in [1.54, 1.807) is 19.5 Å². The third-order valence-electron chi connectivity index (χ3n) is 3.69. The fourth-order valence-electron chi connectivity index (χ4n) is 2.44. The lowest BCUT2D eigenvalue weighted by atomic mass is 10.2. The van der Waals surface area contributed by atoms with Crippen LogP contribution in [0.2, 0.25) is 0 Å². The average Bonchev–Trinajstić information content (AvgIpc) is 2.69. The lowest BCUT2D eigenvalue weighted by Gasteiger charge is -2.11. The Balaban J connectivity index is 1.83. The van der Waals surface area contributed by atoms with E-state index in [0.717, 1.165) is 28.5 Å². The van der Waals surface area contributed by atoms with Gasteiger partial charge in [-0.05, 0) is 36.8 Å². The molecule has 0 fully saturated rings. The highest BCUT2D eigenvalue weighted by molar-refractivity contribution is 5.73. The van der Waals surface area contributed by atoms with Crippen LogP contribution in [0.3, 0.4) is 0 Å². The Morgan fingerprint density at radius 2 is 2.00 bits per heavy atom. The van der Waals surface area contributed by atoms with Gasteiger partial charge < -0.3 is 20.5 Å². The molecule has 0 saturated heterocycles. The van der Waals surface area contributed by atoms with Crippen molar-refractivity contribution in [1.29, 1.82) is 0 Å². The van der Waals surface area contributed by atoms with E-state index in [-0.39, 0.29) is 6.61 Å². The molecule has 0 amide bonds. The maximum Gasteiger partial charge on any atom is 0.227 e. The van der Waals surface area contributed by atoms with E-state index in [9.17, 15) is 0 Å². The smallest absolute Gasteiger partial charge is 0.227 e. The number of aliphatic hydroxyl groups excluding tert-OH is 1. The molecule has 0 aliphatic heterocycles. The summed E-state index contributed by atoms with van der Waals surface area (Å²) in [6, 6.07) is 13.2.